The maximum absolute atomic E-state index is 12.1. The third kappa shape index (κ3) is 6.53. The molecule has 0 aromatic heterocycles. The van der Waals surface area contributed by atoms with Crippen LogP contribution >= 0.6 is 0 Å². The van der Waals surface area contributed by atoms with Crippen molar-refractivity contribution in [1.82, 2.24) is 0 Å². The van der Waals surface area contributed by atoms with Crippen LogP contribution in [0.1, 0.15) is 6.92 Å². The zero-order valence-corrected chi connectivity index (χ0v) is 7.78. The fraction of sp³-hybridized carbons (Fsp3) is 0.500. The van der Waals surface area contributed by atoms with E-state index in [0.717, 1.165) is 0 Å². The molecule has 0 aromatic carbocycles. The zero-order valence-electron chi connectivity index (χ0n) is 7.78. The molecule has 86 valence electrons. The largest absolute Gasteiger partial charge is 0.463 e. The van der Waals surface area contributed by atoms with Crippen LogP contribution in [0.5, 0.6) is 0 Å². The number of rotatable bonds is 5. The minimum atomic E-state index is -3.41. The molecule has 0 fully saturated rings. The predicted octanol–water partition coefficient (Wildman–Crippen LogP) is 1.21. The summed E-state index contributed by atoms with van der Waals surface area (Å²) in [6.07, 6.45) is -5.24. The van der Waals surface area contributed by atoms with Gasteiger partial charge in [-0.2, -0.15) is 4.39 Å². The van der Waals surface area contributed by atoms with Gasteiger partial charge in [-0.25, -0.2) is 18.4 Å². The Morgan fingerprint density at radius 3 is 2.20 bits per heavy atom. The van der Waals surface area contributed by atoms with Gasteiger partial charge in [-0.05, 0) is 6.92 Å². The molecule has 0 spiro atoms. The minimum absolute atomic E-state index is 0.0982. The SMILES string of the molecule is CCOC(=O)C=CC(=O)OC(F)C(F)F. The molecule has 0 saturated carbocycles. The monoisotopic (exact) mass is 226 g/mol. The molecule has 0 bridgehead atoms. The van der Waals surface area contributed by atoms with Gasteiger partial charge in [-0.3, -0.25) is 0 Å². The van der Waals surface area contributed by atoms with Gasteiger partial charge in [-0.1, -0.05) is 0 Å². The van der Waals surface area contributed by atoms with Crippen molar-refractivity contribution in [2.45, 2.75) is 19.7 Å². The van der Waals surface area contributed by atoms with E-state index >= 15 is 0 Å². The molecule has 0 rings (SSSR count). The van der Waals surface area contributed by atoms with Crippen molar-refractivity contribution in [2.75, 3.05) is 6.61 Å². The van der Waals surface area contributed by atoms with Crippen LogP contribution in [0, 0.1) is 0 Å². The quantitative estimate of drug-likeness (QED) is 0.522. The molecule has 0 heterocycles. The average molecular weight is 226 g/mol. The first-order valence-corrected chi connectivity index (χ1v) is 3.95. The summed E-state index contributed by atoms with van der Waals surface area (Å²) >= 11 is 0. The number of carbonyl (C=O) groups is 2. The Hall–Kier alpha value is -1.53. The Bertz CT molecular complexity index is 252. The summed E-state index contributed by atoms with van der Waals surface area (Å²) in [6.45, 7) is 1.64. The van der Waals surface area contributed by atoms with Crippen LogP contribution in [0.3, 0.4) is 0 Å². The van der Waals surface area contributed by atoms with E-state index in [-0.39, 0.29) is 6.61 Å². The van der Waals surface area contributed by atoms with Gasteiger partial charge in [0, 0.05) is 12.2 Å². The van der Waals surface area contributed by atoms with Crippen LogP contribution in [-0.2, 0) is 19.1 Å². The van der Waals surface area contributed by atoms with E-state index in [9.17, 15) is 22.8 Å². The summed E-state index contributed by atoms with van der Waals surface area (Å²) in [5.41, 5.74) is 0. The van der Waals surface area contributed by atoms with Crippen molar-refractivity contribution in [2.24, 2.45) is 0 Å². The lowest BCUT2D eigenvalue weighted by molar-refractivity contribution is -0.168. The Morgan fingerprint density at radius 1 is 1.20 bits per heavy atom. The van der Waals surface area contributed by atoms with E-state index < -0.39 is 24.7 Å². The molecule has 1 unspecified atom stereocenters. The van der Waals surface area contributed by atoms with Crippen LogP contribution < -0.4 is 0 Å². The topological polar surface area (TPSA) is 52.6 Å². The Morgan fingerprint density at radius 2 is 1.73 bits per heavy atom. The van der Waals surface area contributed by atoms with Gasteiger partial charge in [0.2, 0.25) is 0 Å². The predicted molar refractivity (Wildman–Crippen MR) is 42.8 cm³/mol. The van der Waals surface area contributed by atoms with Crippen LogP contribution in [-0.4, -0.2) is 31.3 Å². The smallest absolute Gasteiger partial charge is 0.333 e. The normalized spacial score (nSPS) is 12.9. The summed E-state index contributed by atoms with van der Waals surface area (Å²) in [7, 11) is 0. The maximum Gasteiger partial charge on any atom is 0.333 e. The number of carbonyl (C=O) groups excluding carboxylic acids is 2. The molecule has 0 aromatic rings. The molecular weight excluding hydrogens is 217 g/mol. The van der Waals surface area contributed by atoms with Crippen molar-refractivity contribution in [3.05, 3.63) is 12.2 Å². The highest BCUT2D eigenvalue weighted by atomic mass is 19.3. The molecule has 0 saturated heterocycles. The van der Waals surface area contributed by atoms with Gasteiger partial charge in [0.25, 0.3) is 0 Å². The van der Waals surface area contributed by atoms with Gasteiger partial charge in [-0.15, -0.1) is 0 Å². The second kappa shape index (κ2) is 6.86. The molecule has 0 aliphatic heterocycles. The average Bonchev–Trinajstić information content (AvgIpc) is 2.15. The van der Waals surface area contributed by atoms with Crippen molar-refractivity contribution >= 4 is 11.9 Å². The highest BCUT2D eigenvalue weighted by Gasteiger charge is 2.22. The van der Waals surface area contributed by atoms with E-state index in [0.29, 0.717) is 12.2 Å². The second-order valence-corrected chi connectivity index (χ2v) is 2.21. The molecule has 0 aliphatic rings. The molecule has 0 radical (unpaired) electrons. The summed E-state index contributed by atoms with van der Waals surface area (Å²) in [4.78, 5) is 21.2. The number of hydrogen-bond donors (Lipinski definition) is 0. The van der Waals surface area contributed by atoms with Gasteiger partial charge in [0.05, 0.1) is 6.61 Å². The fourth-order valence-corrected chi connectivity index (χ4v) is 0.528. The van der Waals surface area contributed by atoms with E-state index in [4.69, 9.17) is 0 Å². The van der Waals surface area contributed by atoms with E-state index in [1.54, 1.807) is 6.92 Å². The van der Waals surface area contributed by atoms with Gasteiger partial charge < -0.3 is 9.47 Å². The first-order chi connectivity index (χ1) is 6.97. The van der Waals surface area contributed by atoms with Crippen molar-refractivity contribution in [3.63, 3.8) is 0 Å². The number of halogens is 3. The molecule has 0 amide bonds. The lowest BCUT2D eigenvalue weighted by atomic mass is 10.5. The number of hydrogen-bond acceptors (Lipinski definition) is 4. The summed E-state index contributed by atoms with van der Waals surface area (Å²) in [6, 6.07) is 0. The Balaban J connectivity index is 3.98. The fourth-order valence-electron chi connectivity index (χ4n) is 0.528. The van der Waals surface area contributed by atoms with Gasteiger partial charge >= 0.3 is 24.7 Å². The Kier molecular flexibility index (Phi) is 6.16. The molecule has 1 atom stereocenters. The lowest BCUT2D eigenvalue weighted by Crippen LogP contribution is -2.19. The highest BCUT2D eigenvalue weighted by molar-refractivity contribution is 5.91. The zero-order chi connectivity index (χ0) is 11.8. The van der Waals surface area contributed by atoms with Gasteiger partial charge in [0.1, 0.15) is 0 Å². The second-order valence-electron chi connectivity index (χ2n) is 2.21. The molecule has 15 heavy (non-hydrogen) atoms. The summed E-state index contributed by atoms with van der Waals surface area (Å²) < 4.78 is 43.1. The molecule has 0 aliphatic carbocycles. The van der Waals surface area contributed by atoms with Crippen molar-refractivity contribution < 1.29 is 32.2 Å². The van der Waals surface area contributed by atoms with Crippen molar-refractivity contribution in [1.29, 1.82) is 0 Å². The van der Waals surface area contributed by atoms with Crippen LogP contribution in [0.15, 0.2) is 12.2 Å². The molecular formula is C8H9F3O4. The van der Waals surface area contributed by atoms with Crippen LogP contribution in [0.2, 0.25) is 0 Å². The maximum atomic E-state index is 12.1. The molecule has 4 nitrogen and oxygen atoms in total. The summed E-state index contributed by atoms with van der Waals surface area (Å²) in [5, 5.41) is 0. The third-order valence-corrected chi connectivity index (χ3v) is 1.07. The number of esters is 2. The summed E-state index contributed by atoms with van der Waals surface area (Å²) in [5.74, 6) is -2.22. The van der Waals surface area contributed by atoms with E-state index in [1.807, 2.05) is 0 Å². The lowest BCUT2D eigenvalue weighted by Gasteiger charge is -2.05. The highest BCUT2D eigenvalue weighted by Crippen LogP contribution is 2.07. The first kappa shape index (κ1) is 13.5. The van der Waals surface area contributed by atoms with Crippen LogP contribution in [0.4, 0.5) is 13.2 Å². The number of ether oxygens (including phenoxy) is 2. The number of alkyl halides is 3. The third-order valence-electron chi connectivity index (χ3n) is 1.07. The standard InChI is InChI=1S/C8H9F3O4/c1-2-14-5(12)3-4-6(13)15-8(11)7(9)10/h3-4,7-8H,2H2,1H3. The van der Waals surface area contributed by atoms with E-state index in [2.05, 4.69) is 9.47 Å². The molecule has 7 heteroatoms. The first-order valence-electron chi connectivity index (χ1n) is 3.95. The minimum Gasteiger partial charge on any atom is -0.463 e. The van der Waals surface area contributed by atoms with Gasteiger partial charge in [0.15, 0.2) is 0 Å². The van der Waals surface area contributed by atoms with Crippen LogP contribution in [0.25, 0.3) is 0 Å². The van der Waals surface area contributed by atoms with Crippen molar-refractivity contribution in [3.8, 4) is 0 Å². The van der Waals surface area contributed by atoms with E-state index in [1.165, 1.54) is 0 Å². The molecule has 0 N–H and O–H groups in total. The Labute approximate surface area is 83.7 Å².